The van der Waals surface area contributed by atoms with Crippen molar-refractivity contribution in [2.75, 3.05) is 0 Å². The van der Waals surface area contributed by atoms with Crippen molar-refractivity contribution in [1.82, 2.24) is 19.9 Å². The van der Waals surface area contributed by atoms with Crippen LogP contribution >= 0.6 is 11.8 Å². The van der Waals surface area contributed by atoms with E-state index in [0.717, 1.165) is 17.5 Å². The third kappa shape index (κ3) is 3.98. The Kier molecular flexibility index (Phi) is 5.22. The molecule has 0 aliphatic rings. The van der Waals surface area contributed by atoms with Gasteiger partial charge >= 0.3 is 6.03 Å². The maximum atomic E-state index is 13.1. The monoisotopic (exact) mass is 383 g/mol. The summed E-state index contributed by atoms with van der Waals surface area (Å²) in [6, 6.07) is 11.3. The summed E-state index contributed by atoms with van der Waals surface area (Å²) >= 11 is 1.04. The first-order chi connectivity index (χ1) is 12.9. The molecule has 0 saturated heterocycles. The maximum absolute atomic E-state index is 13.1. The van der Waals surface area contributed by atoms with Crippen LogP contribution in [0.5, 0.6) is 0 Å². The minimum absolute atomic E-state index is 0.288. The Morgan fingerprint density at radius 2 is 1.89 bits per heavy atom. The molecule has 0 aliphatic heterocycles. The van der Waals surface area contributed by atoms with Crippen molar-refractivity contribution in [3.63, 3.8) is 0 Å². The minimum Gasteiger partial charge on any atom is -0.351 e. The van der Waals surface area contributed by atoms with Gasteiger partial charge in [-0.2, -0.15) is 0 Å². The van der Waals surface area contributed by atoms with Crippen molar-refractivity contribution in [2.24, 2.45) is 5.73 Å². The lowest BCUT2D eigenvalue weighted by molar-refractivity contribution is -0.119. The third-order valence-electron chi connectivity index (χ3n) is 3.75. The number of rotatable bonds is 4. The Balaban J connectivity index is 2.15. The number of pyridine rings is 1. The van der Waals surface area contributed by atoms with Crippen molar-refractivity contribution in [3.05, 3.63) is 58.5 Å². The number of nitrogens with two attached hydrogens (primary N) is 1. The molecule has 138 valence electrons. The van der Waals surface area contributed by atoms with Gasteiger partial charge in [-0.1, -0.05) is 30.0 Å². The second kappa shape index (κ2) is 7.58. The number of para-hydroxylation sites is 1. The van der Waals surface area contributed by atoms with E-state index in [-0.39, 0.29) is 5.56 Å². The van der Waals surface area contributed by atoms with Gasteiger partial charge in [0.25, 0.3) is 5.56 Å². The largest absolute Gasteiger partial charge is 0.351 e. The minimum atomic E-state index is -0.934. The van der Waals surface area contributed by atoms with Crippen LogP contribution in [0.4, 0.5) is 4.79 Å². The van der Waals surface area contributed by atoms with E-state index in [0.29, 0.717) is 21.9 Å². The molecule has 2 aromatic heterocycles. The molecule has 8 nitrogen and oxygen atoms in total. The first-order valence-corrected chi connectivity index (χ1v) is 8.97. The lowest BCUT2D eigenvalue weighted by Gasteiger charge is -2.15. The highest BCUT2D eigenvalue weighted by atomic mass is 32.2. The van der Waals surface area contributed by atoms with Crippen LogP contribution in [0.3, 0.4) is 0 Å². The Labute approximate surface area is 158 Å². The van der Waals surface area contributed by atoms with Gasteiger partial charge in [-0.15, -0.1) is 0 Å². The van der Waals surface area contributed by atoms with Gasteiger partial charge in [0, 0.05) is 5.69 Å². The van der Waals surface area contributed by atoms with Crippen LogP contribution in [0.2, 0.25) is 0 Å². The van der Waals surface area contributed by atoms with Gasteiger partial charge in [0.05, 0.1) is 16.2 Å². The first kappa shape index (κ1) is 18.6. The average molecular weight is 383 g/mol. The van der Waals surface area contributed by atoms with Gasteiger partial charge in [-0.3, -0.25) is 14.9 Å². The normalized spacial score (nSPS) is 11.9. The Hall–Kier alpha value is -3.20. The van der Waals surface area contributed by atoms with Gasteiger partial charge in [0.15, 0.2) is 5.16 Å². The number of nitrogens with zero attached hydrogens (tertiary/aromatic N) is 3. The highest BCUT2D eigenvalue weighted by Crippen LogP contribution is 2.24. The van der Waals surface area contributed by atoms with Crippen LogP contribution in [-0.2, 0) is 4.79 Å². The van der Waals surface area contributed by atoms with Crippen LogP contribution < -0.4 is 16.6 Å². The van der Waals surface area contributed by atoms with Gasteiger partial charge in [-0.05, 0) is 38.1 Å². The summed E-state index contributed by atoms with van der Waals surface area (Å²) in [5, 5.41) is 2.06. The van der Waals surface area contributed by atoms with Crippen molar-refractivity contribution in [3.8, 4) is 5.82 Å². The molecule has 0 aliphatic carbocycles. The summed E-state index contributed by atoms with van der Waals surface area (Å²) in [7, 11) is 0. The number of imide groups is 1. The molecule has 0 unspecified atom stereocenters. The zero-order valence-corrected chi connectivity index (χ0v) is 15.5. The van der Waals surface area contributed by atoms with E-state index in [9.17, 15) is 14.4 Å². The zero-order valence-electron chi connectivity index (χ0n) is 14.7. The number of carbonyl (C=O) groups is 2. The molecule has 0 radical (unpaired) electrons. The molecule has 1 aromatic carbocycles. The lowest BCUT2D eigenvalue weighted by atomic mass is 10.2. The molecule has 3 rings (SSSR count). The van der Waals surface area contributed by atoms with Crippen molar-refractivity contribution in [1.29, 1.82) is 0 Å². The highest BCUT2D eigenvalue weighted by molar-refractivity contribution is 8.00. The van der Waals surface area contributed by atoms with Crippen LogP contribution in [0, 0.1) is 6.92 Å². The van der Waals surface area contributed by atoms with Crippen molar-refractivity contribution < 1.29 is 9.59 Å². The van der Waals surface area contributed by atoms with E-state index in [1.807, 2.05) is 18.3 Å². The van der Waals surface area contributed by atoms with E-state index in [2.05, 4.69) is 9.97 Å². The molecule has 3 N–H and O–H groups in total. The fourth-order valence-electron chi connectivity index (χ4n) is 2.48. The lowest BCUT2D eigenvalue weighted by Crippen LogP contribution is -2.39. The van der Waals surface area contributed by atoms with E-state index in [1.54, 1.807) is 43.3 Å². The molecule has 1 atom stereocenters. The number of aromatic nitrogens is 3. The fourth-order valence-corrected chi connectivity index (χ4v) is 3.40. The number of nitrogens with one attached hydrogen (secondary N) is 1. The van der Waals surface area contributed by atoms with E-state index in [4.69, 9.17) is 5.73 Å². The summed E-state index contributed by atoms with van der Waals surface area (Å²) in [6.45, 7) is 3.41. The molecule has 3 aromatic rings. The number of benzene rings is 1. The Bertz CT molecular complexity index is 1100. The average Bonchev–Trinajstić information content (AvgIpc) is 2.61. The van der Waals surface area contributed by atoms with E-state index < -0.39 is 17.2 Å². The van der Waals surface area contributed by atoms with Gasteiger partial charge in [-0.25, -0.2) is 19.3 Å². The smallest absolute Gasteiger partial charge is 0.318 e. The van der Waals surface area contributed by atoms with Gasteiger partial charge in [0.1, 0.15) is 5.82 Å². The van der Waals surface area contributed by atoms with Gasteiger partial charge < -0.3 is 5.73 Å². The summed E-state index contributed by atoms with van der Waals surface area (Å²) in [5.74, 6) is -0.165. The molecule has 0 saturated carbocycles. The summed E-state index contributed by atoms with van der Waals surface area (Å²) in [4.78, 5) is 45.0. The molecular formula is C18H17N5O3S. The standard InChI is InChI=1S/C18H17N5O3S/c1-10-6-5-9-14(20-10)23-16(25)12-7-3-4-8-13(12)21-18(23)27-11(2)15(24)22-17(19)26/h3-9,11H,1-2H3,(H3,19,22,24,26)/t11-/m0/s1. The molecule has 9 heteroatoms. The zero-order chi connectivity index (χ0) is 19.6. The van der Waals surface area contributed by atoms with E-state index in [1.165, 1.54) is 4.57 Å². The van der Waals surface area contributed by atoms with Crippen LogP contribution in [0.15, 0.2) is 52.4 Å². The molecule has 0 bridgehead atoms. The predicted octanol–water partition coefficient (Wildman–Crippen LogP) is 1.76. The Morgan fingerprint density at radius 1 is 1.15 bits per heavy atom. The second-order valence-corrected chi connectivity index (χ2v) is 7.11. The molecule has 0 fully saturated rings. The van der Waals surface area contributed by atoms with Crippen LogP contribution in [-0.4, -0.2) is 31.7 Å². The number of hydrogen-bond acceptors (Lipinski definition) is 6. The summed E-state index contributed by atoms with van der Waals surface area (Å²) < 4.78 is 1.37. The topological polar surface area (TPSA) is 120 Å². The third-order valence-corrected chi connectivity index (χ3v) is 4.80. The van der Waals surface area contributed by atoms with Gasteiger partial charge in [0.2, 0.25) is 5.91 Å². The summed E-state index contributed by atoms with van der Waals surface area (Å²) in [6.07, 6.45) is 0. The van der Waals surface area contributed by atoms with Crippen molar-refractivity contribution >= 4 is 34.6 Å². The predicted molar refractivity (Wildman–Crippen MR) is 103 cm³/mol. The number of carbonyl (C=O) groups excluding carboxylic acids is 2. The number of amides is 3. The molecular weight excluding hydrogens is 366 g/mol. The number of urea groups is 1. The number of thioether (sulfide) groups is 1. The van der Waals surface area contributed by atoms with Crippen LogP contribution in [0.1, 0.15) is 12.6 Å². The second-order valence-electron chi connectivity index (χ2n) is 5.80. The fraction of sp³-hybridized carbons (Fsp3) is 0.167. The number of fused-ring (bicyclic) bond motifs is 1. The number of aryl methyl sites for hydroxylation is 1. The molecule has 3 amide bonds. The quantitative estimate of drug-likeness (QED) is 0.523. The number of primary amides is 1. The summed E-state index contributed by atoms with van der Waals surface area (Å²) in [5.41, 5.74) is 5.96. The van der Waals surface area contributed by atoms with Crippen molar-refractivity contribution in [2.45, 2.75) is 24.3 Å². The van der Waals surface area contributed by atoms with E-state index >= 15 is 0 Å². The Morgan fingerprint density at radius 3 is 2.59 bits per heavy atom. The highest BCUT2D eigenvalue weighted by Gasteiger charge is 2.21. The molecule has 0 spiro atoms. The first-order valence-electron chi connectivity index (χ1n) is 8.09. The SMILES string of the molecule is Cc1cccc(-n2c(S[C@@H](C)C(=O)NC(N)=O)nc3ccccc3c2=O)n1. The number of hydrogen-bond donors (Lipinski definition) is 2. The van der Waals surface area contributed by atoms with Crippen LogP contribution in [0.25, 0.3) is 16.7 Å². The molecule has 27 heavy (non-hydrogen) atoms. The molecule has 2 heterocycles. The maximum Gasteiger partial charge on any atom is 0.318 e.